The van der Waals surface area contributed by atoms with Gasteiger partial charge in [-0.25, -0.2) is 0 Å². The number of rotatable bonds is 3. The molecule has 4 rings (SSSR count). The smallest absolute Gasteiger partial charge is 0.226 e. The topological polar surface area (TPSA) is 77.0 Å². The second-order valence-electron chi connectivity index (χ2n) is 6.69. The Bertz CT molecular complexity index is 560. The third kappa shape index (κ3) is 3.35. The molecule has 1 aliphatic heterocycles. The number of hydrogen-bond acceptors (Lipinski definition) is 4. The monoisotopic (exact) mass is 361 g/mol. The van der Waals surface area contributed by atoms with Crippen molar-refractivity contribution >= 4 is 30.7 Å². The van der Waals surface area contributed by atoms with Crippen LogP contribution in [0, 0.1) is 11.8 Å². The Labute approximate surface area is 149 Å². The zero-order chi connectivity index (χ0) is 14.4. The van der Waals surface area contributed by atoms with E-state index in [4.69, 9.17) is 5.73 Å². The summed E-state index contributed by atoms with van der Waals surface area (Å²) in [5.74, 6) is 3.50. The first kappa shape index (κ1) is 18.5. The van der Waals surface area contributed by atoms with Gasteiger partial charge in [0.15, 0.2) is 5.82 Å². The average molecular weight is 362 g/mol. The van der Waals surface area contributed by atoms with Crippen LogP contribution in [0.5, 0.6) is 0 Å². The summed E-state index contributed by atoms with van der Waals surface area (Å²) >= 11 is 0. The Morgan fingerprint density at radius 2 is 1.91 bits per heavy atom. The van der Waals surface area contributed by atoms with Crippen molar-refractivity contribution in [2.75, 3.05) is 13.1 Å². The predicted molar refractivity (Wildman–Crippen MR) is 91.8 cm³/mol. The first-order valence-electron chi connectivity index (χ1n) is 8.18. The summed E-state index contributed by atoms with van der Waals surface area (Å²) in [5, 5.41) is 8.65. The molecule has 0 aromatic carbocycles. The summed E-state index contributed by atoms with van der Waals surface area (Å²) in [4.78, 5) is 14.7. The van der Waals surface area contributed by atoms with Crippen molar-refractivity contribution in [3.05, 3.63) is 11.6 Å². The highest BCUT2D eigenvalue weighted by Gasteiger charge is 2.37. The van der Waals surface area contributed by atoms with Crippen LogP contribution in [-0.2, 0) is 17.9 Å². The molecule has 1 aromatic rings. The predicted octanol–water partition coefficient (Wildman–Crippen LogP) is 1.72. The Morgan fingerprint density at radius 3 is 2.61 bits per heavy atom. The van der Waals surface area contributed by atoms with Crippen LogP contribution in [0.2, 0.25) is 0 Å². The lowest BCUT2D eigenvalue weighted by Crippen LogP contribution is -2.43. The second-order valence-corrected chi connectivity index (χ2v) is 6.69. The SMILES string of the molecule is Cl.Cl.NC[C@H]1CCC[C@H]1C(=O)N1CCn2c(nnc2C2CC2)C1. The Hall–Kier alpha value is -0.850. The van der Waals surface area contributed by atoms with Gasteiger partial charge in [0.2, 0.25) is 5.91 Å². The minimum atomic E-state index is 0. The molecule has 2 saturated carbocycles. The zero-order valence-corrected chi connectivity index (χ0v) is 14.8. The highest BCUT2D eigenvalue weighted by molar-refractivity contribution is 5.85. The number of carbonyl (C=O) groups excluding carboxylic acids is 1. The molecule has 0 spiro atoms. The van der Waals surface area contributed by atoms with Gasteiger partial charge in [0, 0.05) is 24.9 Å². The van der Waals surface area contributed by atoms with Crippen LogP contribution >= 0.6 is 24.8 Å². The third-order valence-corrected chi connectivity index (χ3v) is 5.32. The summed E-state index contributed by atoms with van der Waals surface area (Å²) in [6.45, 7) is 2.88. The van der Waals surface area contributed by atoms with Crippen molar-refractivity contribution in [1.29, 1.82) is 0 Å². The summed E-state index contributed by atoms with van der Waals surface area (Å²) in [6, 6.07) is 0. The fourth-order valence-electron chi connectivity index (χ4n) is 3.89. The Morgan fingerprint density at radius 1 is 1.13 bits per heavy atom. The van der Waals surface area contributed by atoms with Gasteiger partial charge in [-0.2, -0.15) is 0 Å². The molecule has 2 N–H and O–H groups in total. The normalized spacial score (nSPS) is 26.2. The maximum absolute atomic E-state index is 12.7. The van der Waals surface area contributed by atoms with Gasteiger partial charge in [0.05, 0.1) is 6.54 Å². The van der Waals surface area contributed by atoms with E-state index in [1.54, 1.807) is 0 Å². The van der Waals surface area contributed by atoms with Crippen molar-refractivity contribution < 1.29 is 4.79 Å². The summed E-state index contributed by atoms with van der Waals surface area (Å²) < 4.78 is 2.23. The number of carbonyl (C=O) groups is 1. The molecule has 6 nitrogen and oxygen atoms in total. The van der Waals surface area contributed by atoms with Crippen LogP contribution in [0.1, 0.15) is 49.7 Å². The van der Waals surface area contributed by atoms with Crippen molar-refractivity contribution in [2.45, 2.75) is 51.1 Å². The molecule has 3 aliphatic rings. The molecule has 2 atom stereocenters. The van der Waals surface area contributed by atoms with Gasteiger partial charge in [-0.1, -0.05) is 6.42 Å². The minimum absolute atomic E-state index is 0. The van der Waals surface area contributed by atoms with Crippen LogP contribution < -0.4 is 5.73 Å². The number of halogens is 2. The molecule has 0 saturated heterocycles. The summed E-state index contributed by atoms with van der Waals surface area (Å²) in [5.41, 5.74) is 5.81. The van der Waals surface area contributed by atoms with Gasteiger partial charge >= 0.3 is 0 Å². The van der Waals surface area contributed by atoms with Gasteiger partial charge in [-0.05, 0) is 38.1 Å². The first-order chi connectivity index (χ1) is 10.3. The van der Waals surface area contributed by atoms with Crippen molar-refractivity contribution in [2.24, 2.45) is 17.6 Å². The van der Waals surface area contributed by atoms with Gasteiger partial charge in [-0.3, -0.25) is 4.79 Å². The maximum Gasteiger partial charge on any atom is 0.226 e. The van der Waals surface area contributed by atoms with Crippen LogP contribution in [0.25, 0.3) is 0 Å². The van der Waals surface area contributed by atoms with Crippen molar-refractivity contribution in [1.82, 2.24) is 19.7 Å². The van der Waals surface area contributed by atoms with Gasteiger partial charge < -0.3 is 15.2 Å². The molecule has 2 heterocycles. The van der Waals surface area contributed by atoms with E-state index in [1.807, 2.05) is 4.90 Å². The summed E-state index contributed by atoms with van der Waals surface area (Å²) in [7, 11) is 0. The van der Waals surface area contributed by atoms with Crippen LogP contribution in [0.4, 0.5) is 0 Å². The summed E-state index contributed by atoms with van der Waals surface area (Å²) in [6.07, 6.45) is 5.70. The number of fused-ring (bicyclic) bond motifs is 1. The number of aromatic nitrogens is 3. The Kier molecular flexibility index (Phi) is 5.92. The highest BCUT2D eigenvalue weighted by atomic mass is 35.5. The molecule has 0 bridgehead atoms. The first-order valence-corrected chi connectivity index (χ1v) is 8.18. The van der Waals surface area contributed by atoms with Gasteiger partial charge in [0.25, 0.3) is 0 Å². The lowest BCUT2D eigenvalue weighted by atomic mass is 9.94. The Balaban J connectivity index is 0.000000960. The molecule has 0 radical (unpaired) electrons. The number of amides is 1. The minimum Gasteiger partial charge on any atom is -0.333 e. The molecule has 1 aromatic heterocycles. The average Bonchev–Trinajstić information content (AvgIpc) is 3.10. The second kappa shape index (κ2) is 7.36. The number of nitrogens with zero attached hydrogens (tertiary/aromatic N) is 4. The van der Waals surface area contributed by atoms with Crippen LogP contribution in [0.3, 0.4) is 0 Å². The largest absolute Gasteiger partial charge is 0.333 e. The van der Waals surface area contributed by atoms with E-state index >= 15 is 0 Å². The molecule has 1 amide bonds. The van der Waals surface area contributed by atoms with E-state index in [0.717, 1.165) is 44.0 Å². The standard InChI is InChI=1S/C15H23N5O.2ClH/c16-8-11-2-1-3-12(11)15(21)19-6-7-20-13(9-19)17-18-14(20)10-4-5-10;;/h10-12H,1-9,16H2;2*1H/t11-,12-;;/m1../s1. The number of nitrogens with two attached hydrogens (primary N) is 1. The third-order valence-electron chi connectivity index (χ3n) is 5.32. The van der Waals surface area contributed by atoms with E-state index in [1.165, 1.54) is 12.8 Å². The van der Waals surface area contributed by atoms with Crippen LogP contribution in [-0.4, -0.2) is 38.7 Å². The molecule has 23 heavy (non-hydrogen) atoms. The maximum atomic E-state index is 12.7. The van der Waals surface area contributed by atoms with E-state index in [0.29, 0.717) is 24.9 Å². The molecular weight excluding hydrogens is 337 g/mol. The van der Waals surface area contributed by atoms with Crippen LogP contribution in [0.15, 0.2) is 0 Å². The fraction of sp³-hybridized carbons (Fsp3) is 0.800. The van der Waals surface area contributed by atoms with E-state index in [-0.39, 0.29) is 36.6 Å². The molecule has 0 unspecified atom stereocenters. The fourth-order valence-corrected chi connectivity index (χ4v) is 3.89. The lowest BCUT2D eigenvalue weighted by molar-refractivity contribution is -0.138. The molecule has 8 heteroatoms. The van der Waals surface area contributed by atoms with Gasteiger partial charge in [-0.15, -0.1) is 35.0 Å². The number of hydrogen-bond donors (Lipinski definition) is 1. The van der Waals surface area contributed by atoms with Crippen molar-refractivity contribution in [3.8, 4) is 0 Å². The zero-order valence-electron chi connectivity index (χ0n) is 13.2. The van der Waals surface area contributed by atoms with Crippen molar-refractivity contribution in [3.63, 3.8) is 0 Å². The molecule has 2 aliphatic carbocycles. The lowest BCUT2D eigenvalue weighted by Gasteiger charge is -2.31. The molecular formula is C15H25Cl2N5O. The van der Waals surface area contributed by atoms with Gasteiger partial charge in [0.1, 0.15) is 5.82 Å². The van der Waals surface area contributed by atoms with E-state index in [9.17, 15) is 4.79 Å². The quantitative estimate of drug-likeness (QED) is 0.888. The molecule has 130 valence electrons. The highest BCUT2D eigenvalue weighted by Crippen LogP contribution is 2.40. The molecule has 2 fully saturated rings. The van der Waals surface area contributed by atoms with E-state index < -0.39 is 0 Å². The van der Waals surface area contributed by atoms with E-state index in [2.05, 4.69) is 14.8 Å².